The first kappa shape index (κ1) is 16.1. The predicted molar refractivity (Wildman–Crippen MR) is 95.2 cm³/mol. The number of anilines is 1. The average Bonchev–Trinajstić information content (AvgIpc) is 3.15. The Labute approximate surface area is 147 Å². The van der Waals surface area contributed by atoms with Crippen LogP contribution in [0.3, 0.4) is 0 Å². The zero-order valence-corrected chi connectivity index (χ0v) is 14.4. The van der Waals surface area contributed by atoms with Crippen LogP contribution >= 0.6 is 0 Å². The molecular weight excluding hydrogens is 316 g/mol. The van der Waals surface area contributed by atoms with Crippen LogP contribution in [-0.2, 0) is 4.74 Å². The van der Waals surface area contributed by atoms with Crippen LogP contribution in [0.2, 0.25) is 0 Å². The molecule has 130 valence electrons. The molecule has 1 fully saturated rings. The maximum absolute atomic E-state index is 13.1. The van der Waals surface area contributed by atoms with Crippen molar-refractivity contribution in [1.29, 1.82) is 0 Å². The van der Waals surface area contributed by atoms with Gasteiger partial charge in [-0.1, -0.05) is 25.1 Å². The van der Waals surface area contributed by atoms with Gasteiger partial charge in [-0.25, -0.2) is 4.98 Å². The van der Waals surface area contributed by atoms with Crippen molar-refractivity contribution in [1.82, 2.24) is 4.98 Å². The van der Waals surface area contributed by atoms with Crippen LogP contribution in [0, 0.1) is 0 Å². The number of hydrogen-bond donors (Lipinski definition) is 0. The summed E-state index contributed by atoms with van der Waals surface area (Å²) in [7, 11) is 0. The van der Waals surface area contributed by atoms with Gasteiger partial charge in [0.25, 0.3) is 5.91 Å². The second-order valence-corrected chi connectivity index (χ2v) is 6.69. The zero-order chi connectivity index (χ0) is 17.2. The number of ether oxygens (including phenoxy) is 2. The number of amides is 1. The third-order valence-electron chi connectivity index (χ3n) is 4.95. The molecule has 2 aliphatic heterocycles. The molecule has 0 aliphatic carbocycles. The van der Waals surface area contributed by atoms with Crippen molar-refractivity contribution in [2.24, 2.45) is 0 Å². The Kier molecular flexibility index (Phi) is 4.40. The fraction of sp³-hybridized carbons (Fsp3) is 0.400. The highest BCUT2D eigenvalue weighted by atomic mass is 16.5. The van der Waals surface area contributed by atoms with Gasteiger partial charge in [-0.3, -0.25) is 4.79 Å². The number of carbonyl (C=O) groups is 1. The Morgan fingerprint density at radius 1 is 1.28 bits per heavy atom. The first-order valence-electron chi connectivity index (χ1n) is 8.83. The smallest absolute Gasteiger partial charge is 0.258 e. The molecule has 0 saturated carbocycles. The van der Waals surface area contributed by atoms with E-state index >= 15 is 0 Å². The minimum Gasteiger partial charge on any atom is -0.472 e. The van der Waals surface area contributed by atoms with Crippen LogP contribution in [0.4, 0.5) is 5.69 Å². The molecule has 5 nitrogen and oxygen atoms in total. The van der Waals surface area contributed by atoms with Crippen LogP contribution in [0.25, 0.3) is 0 Å². The predicted octanol–water partition coefficient (Wildman–Crippen LogP) is 3.40. The summed E-state index contributed by atoms with van der Waals surface area (Å²) in [4.78, 5) is 19.2. The number of pyridine rings is 1. The molecule has 0 spiro atoms. The average molecular weight is 338 g/mol. The Bertz CT molecular complexity index is 771. The number of benzene rings is 1. The van der Waals surface area contributed by atoms with Gasteiger partial charge in [0, 0.05) is 36.5 Å². The highest BCUT2D eigenvalue weighted by Gasteiger charge is 2.27. The molecule has 2 aliphatic rings. The van der Waals surface area contributed by atoms with E-state index in [-0.39, 0.29) is 12.0 Å². The number of aromatic nitrogens is 1. The molecular formula is C20H22N2O3. The number of carbonyl (C=O) groups excluding carboxylic acids is 1. The monoisotopic (exact) mass is 338 g/mol. The Morgan fingerprint density at radius 3 is 3.00 bits per heavy atom. The van der Waals surface area contributed by atoms with Crippen molar-refractivity contribution in [2.45, 2.75) is 31.8 Å². The highest BCUT2D eigenvalue weighted by Crippen LogP contribution is 2.35. The van der Waals surface area contributed by atoms with Crippen molar-refractivity contribution in [3.05, 3.63) is 53.7 Å². The van der Waals surface area contributed by atoms with Crippen LogP contribution < -0.4 is 9.64 Å². The third-order valence-corrected chi connectivity index (χ3v) is 4.95. The van der Waals surface area contributed by atoms with E-state index in [9.17, 15) is 4.79 Å². The molecule has 1 amide bonds. The van der Waals surface area contributed by atoms with Crippen molar-refractivity contribution in [2.75, 3.05) is 24.7 Å². The van der Waals surface area contributed by atoms with Crippen LogP contribution in [-0.4, -0.2) is 36.8 Å². The van der Waals surface area contributed by atoms with E-state index in [1.807, 2.05) is 23.1 Å². The summed E-state index contributed by atoms with van der Waals surface area (Å²) in [5.41, 5.74) is 2.85. The second kappa shape index (κ2) is 6.84. The van der Waals surface area contributed by atoms with E-state index in [2.05, 4.69) is 18.0 Å². The third kappa shape index (κ3) is 3.24. The number of nitrogens with zero attached hydrogens (tertiary/aromatic N) is 2. The topological polar surface area (TPSA) is 51.7 Å². The van der Waals surface area contributed by atoms with Gasteiger partial charge in [-0.2, -0.15) is 0 Å². The maximum Gasteiger partial charge on any atom is 0.258 e. The molecule has 25 heavy (non-hydrogen) atoms. The van der Waals surface area contributed by atoms with Gasteiger partial charge in [0.05, 0.1) is 13.2 Å². The van der Waals surface area contributed by atoms with Gasteiger partial charge in [-0.15, -0.1) is 0 Å². The normalized spacial score (nSPS) is 22.5. The fourth-order valence-electron chi connectivity index (χ4n) is 3.50. The lowest BCUT2D eigenvalue weighted by Crippen LogP contribution is -2.36. The second-order valence-electron chi connectivity index (χ2n) is 6.69. The molecule has 1 aromatic heterocycles. The SMILES string of the molecule is C[C@H]1CCN(C(=O)c2ccnc(O[C@@H]3CCOC3)c2)c2ccccc21. The molecule has 1 saturated heterocycles. The summed E-state index contributed by atoms with van der Waals surface area (Å²) in [6.45, 7) is 4.23. The standard InChI is InChI=1S/C20H22N2O3/c1-14-7-10-22(18-5-3-2-4-17(14)18)20(23)15-6-9-21-19(12-15)25-16-8-11-24-13-16/h2-6,9,12,14,16H,7-8,10-11,13H2,1H3/t14-,16+/m0/s1. The minimum absolute atomic E-state index is 0.00530. The summed E-state index contributed by atoms with van der Waals surface area (Å²) in [5.74, 6) is 0.952. The molecule has 0 radical (unpaired) electrons. The van der Waals surface area contributed by atoms with Crippen molar-refractivity contribution in [3.8, 4) is 5.88 Å². The fourth-order valence-corrected chi connectivity index (χ4v) is 3.50. The van der Waals surface area contributed by atoms with Crippen LogP contribution in [0.15, 0.2) is 42.6 Å². The van der Waals surface area contributed by atoms with Gasteiger partial charge in [0.1, 0.15) is 6.10 Å². The largest absolute Gasteiger partial charge is 0.472 e. The van der Waals surface area contributed by atoms with Gasteiger partial charge >= 0.3 is 0 Å². The van der Waals surface area contributed by atoms with E-state index in [4.69, 9.17) is 9.47 Å². The van der Waals surface area contributed by atoms with Crippen molar-refractivity contribution in [3.63, 3.8) is 0 Å². The van der Waals surface area contributed by atoms with Gasteiger partial charge in [-0.05, 0) is 30.0 Å². The summed E-state index contributed by atoms with van der Waals surface area (Å²) < 4.78 is 11.2. The molecule has 1 aromatic carbocycles. The molecule has 0 N–H and O–H groups in total. The van der Waals surface area contributed by atoms with Gasteiger partial charge in [0.2, 0.25) is 5.88 Å². The highest BCUT2D eigenvalue weighted by molar-refractivity contribution is 6.06. The lowest BCUT2D eigenvalue weighted by Gasteiger charge is -2.33. The number of rotatable bonds is 3. The molecule has 2 atom stereocenters. The first-order chi connectivity index (χ1) is 12.2. The number of fused-ring (bicyclic) bond motifs is 1. The van der Waals surface area contributed by atoms with Crippen molar-refractivity contribution < 1.29 is 14.3 Å². The molecule has 5 heteroatoms. The Morgan fingerprint density at radius 2 is 2.16 bits per heavy atom. The Balaban J connectivity index is 1.58. The molecule has 0 unspecified atom stereocenters. The van der Waals surface area contributed by atoms with E-state index in [1.165, 1.54) is 5.56 Å². The molecule has 2 aromatic rings. The van der Waals surface area contributed by atoms with Gasteiger partial charge in [0.15, 0.2) is 0 Å². The first-order valence-corrected chi connectivity index (χ1v) is 8.83. The van der Waals surface area contributed by atoms with Crippen molar-refractivity contribution >= 4 is 11.6 Å². The summed E-state index contributed by atoms with van der Waals surface area (Å²) in [6, 6.07) is 11.6. The summed E-state index contributed by atoms with van der Waals surface area (Å²) in [6.07, 6.45) is 3.49. The summed E-state index contributed by atoms with van der Waals surface area (Å²) >= 11 is 0. The Hall–Kier alpha value is -2.40. The lowest BCUT2D eigenvalue weighted by molar-refractivity contribution is 0.0982. The summed E-state index contributed by atoms with van der Waals surface area (Å²) in [5, 5.41) is 0. The van der Waals surface area contributed by atoms with E-state index in [0.717, 1.165) is 25.1 Å². The van der Waals surface area contributed by atoms with E-state index in [1.54, 1.807) is 18.3 Å². The van der Waals surface area contributed by atoms with Gasteiger partial charge < -0.3 is 14.4 Å². The lowest BCUT2D eigenvalue weighted by atomic mass is 9.91. The van der Waals surface area contributed by atoms with Crippen LogP contribution in [0.5, 0.6) is 5.88 Å². The molecule has 0 bridgehead atoms. The number of para-hydroxylation sites is 1. The van der Waals surface area contributed by atoms with E-state index in [0.29, 0.717) is 30.6 Å². The molecule has 4 rings (SSSR count). The minimum atomic E-state index is -0.00530. The zero-order valence-electron chi connectivity index (χ0n) is 14.4. The number of hydrogen-bond acceptors (Lipinski definition) is 4. The quantitative estimate of drug-likeness (QED) is 0.861. The molecule has 3 heterocycles. The maximum atomic E-state index is 13.1. The van der Waals surface area contributed by atoms with Crippen LogP contribution in [0.1, 0.15) is 41.6 Å². The van der Waals surface area contributed by atoms with E-state index < -0.39 is 0 Å².